The summed E-state index contributed by atoms with van der Waals surface area (Å²) in [6.45, 7) is 0. The third-order valence-electron chi connectivity index (χ3n) is 4.72. The van der Waals surface area contributed by atoms with Crippen molar-refractivity contribution in [2.75, 3.05) is 7.05 Å². The van der Waals surface area contributed by atoms with Gasteiger partial charge >= 0.3 is 0 Å². The molecule has 1 saturated heterocycles. The molecule has 0 spiro atoms. The molecule has 2 nitrogen and oxygen atoms in total. The van der Waals surface area contributed by atoms with Crippen LogP contribution in [-0.4, -0.2) is 29.0 Å². The molecule has 0 radical (unpaired) electrons. The van der Waals surface area contributed by atoms with E-state index in [1.165, 1.54) is 35.8 Å². The quantitative estimate of drug-likeness (QED) is 0.770. The van der Waals surface area contributed by atoms with Crippen molar-refractivity contribution >= 4 is 16.5 Å². The lowest BCUT2D eigenvalue weighted by Crippen LogP contribution is -2.34. The van der Waals surface area contributed by atoms with Gasteiger partial charge in [-0.2, -0.15) is 0 Å². The summed E-state index contributed by atoms with van der Waals surface area (Å²) in [5, 5.41) is 1.24. The summed E-state index contributed by atoms with van der Waals surface area (Å²) in [6, 6.07) is 12.2. The number of pyridine rings is 1. The van der Waals surface area contributed by atoms with Crippen LogP contribution in [0.5, 0.6) is 0 Å². The van der Waals surface area contributed by atoms with E-state index in [0.717, 1.165) is 11.6 Å². The maximum Gasteiger partial charge on any atom is 0.0702 e. The first-order valence-corrected chi connectivity index (χ1v) is 7.09. The zero-order chi connectivity index (χ0) is 12.8. The second-order valence-electron chi connectivity index (χ2n) is 5.77. The fraction of sp³-hybridized carbons (Fsp3) is 0.353. The van der Waals surface area contributed by atoms with Gasteiger partial charge in [0.05, 0.1) is 5.52 Å². The first-order valence-electron chi connectivity index (χ1n) is 7.09. The van der Waals surface area contributed by atoms with Crippen molar-refractivity contribution in [1.82, 2.24) is 9.88 Å². The van der Waals surface area contributed by atoms with Gasteiger partial charge in [-0.05, 0) is 55.6 Å². The predicted octanol–water partition coefficient (Wildman–Crippen LogP) is 3.48. The van der Waals surface area contributed by atoms with Crippen LogP contribution in [0.2, 0.25) is 0 Å². The molecule has 0 aliphatic carbocycles. The number of likely N-dealkylation sites (N-methyl/N-ethyl adjacent to an activating group) is 1. The van der Waals surface area contributed by atoms with Gasteiger partial charge in [0.15, 0.2) is 0 Å². The lowest BCUT2D eigenvalue weighted by molar-refractivity contribution is 0.264. The highest BCUT2D eigenvalue weighted by Gasteiger charge is 2.33. The highest BCUT2D eigenvalue weighted by atomic mass is 15.2. The Kier molecular flexibility index (Phi) is 2.46. The van der Waals surface area contributed by atoms with Crippen LogP contribution >= 0.6 is 0 Å². The first kappa shape index (κ1) is 11.2. The summed E-state index contributed by atoms with van der Waals surface area (Å²) in [7, 11) is 2.26. The number of hydrogen-bond donors (Lipinski definition) is 0. The number of benzene rings is 1. The second-order valence-corrected chi connectivity index (χ2v) is 5.77. The molecule has 2 atom stereocenters. The highest BCUT2D eigenvalue weighted by molar-refractivity contribution is 5.83. The van der Waals surface area contributed by atoms with Gasteiger partial charge in [0.25, 0.3) is 0 Å². The fourth-order valence-electron chi connectivity index (χ4n) is 3.53. The van der Waals surface area contributed by atoms with Crippen LogP contribution in [0, 0.1) is 0 Å². The number of hydrogen-bond acceptors (Lipinski definition) is 2. The molecule has 2 aliphatic rings. The van der Waals surface area contributed by atoms with Gasteiger partial charge in [-0.3, -0.25) is 9.88 Å². The van der Waals surface area contributed by atoms with Crippen molar-refractivity contribution < 1.29 is 0 Å². The van der Waals surface area contributed by atoms with Crippen molar-refractivity contribution in [2.24, 2.45) is 0 Å². The van der Waals surface area contributed by atoms with E-state index in [2.05, 4.69) is 47.3 Å². The third kappa shape index (κ3) is 1.79. The Morgan fingerprint density at radius 3 is 3.05 bits per heavy atom. The molecule has 3 heterocycles. The molecule has 2 unspecified atom stereocenters. The molecule has 1 fully saturated rings. The largest absolute Gasteiger partial charge is 0.297 e. The van der Waals surface area contributed by atoms with Gasteiger partial charge in [0.2, 0.25) is 0 Å². The number of rotatable bonds is 1. The maximum atomic E-state index is 4.39. The molecule has 0 amide bonds. The zero-order valence-corrected chi connectivity index (χ0v) is 11.2. The molecule has 96 valence electrons. The Balaban J connectivity index is 1.77. The van der Waals surface area contributed by atoms with Crippen LogP contribution in [0.3, 0.4) is 0 Å². The van der Waals surface area contributed by atoms with Crippen molar-refractivity contribution in [1.29, 1.82) is 0 Å². The van der Waals surface area contributed by atoms with Gasteiger partial charge in [-0.1, -0.05) is 18.2 Å². The van der Waals surface area contributed by atoms with E-state index in [9.17, 15) is 0 Å². The monoisotopic (exact) mass is 250 g/mol. The van der Waals surface area contributed by atoms with E-state index in [4.69, 9.17) is 0 Å². The van der Waals surface area contributed by atoms with E-state index in [1.54, 1.807) is 0 Å². The SMILES string of the molecule is CN1C2C=C(c3ccc4ncccc4c3)CC1CC2. The molecule has 2 bridgehead atoms. The molecule has 4 rings (SSSR count). The molecule has 19 heavy (non-hydrogen) atoms. The third-order valence-corrected chi connectivity index (χ3v) is 4.72. The molecule has 2 aliphatic heterocycles. The van der Waals surface area contributed by atoms with E-state index < -0.39 is 0 Å². The van der Waals surface area contributed by atoms with E-state index in [-0.39, 0.29) is 0 Å². The average molecular weight is 250 g/mol. The Bertz CT molecular complexity index is 659. The van der Waals surface area contributed by atoms with Crippen LogP contribution in [0.4, 0.5) is 0 Å². The summed E-state index contributed by atoms with van der Waals surface area (Å²) in [5.74, 6) is 0. The summed E-state index contributed by atoms with van der Waals surface area (Å²) >= 11 is 0. The van der Waals surface area contributed by atoms with E-state index in [0.29, 0.717) is 6.04 Å². The van der Waals surface area contributed by atoms with Crippen LogP contribution in [-0.2, 0) is 0 Å². The van der Waals surface area contributed by atoms with Gasteiger partial charge in [-0.15, -0.1) is 0 Å². The molecule has 0 saturated carbocycles. The summed E-state index contributed by atoms with van der Waals surface area (Å²) in [5.41, 5.74) is 3.99. The molecule has 0 N–H and O–H groups in total. The summed E-state index contributed by atoms with van der Waals surface area (Å²) in [6.07, 6.45) is 8.19. The normalized spacial score (nSPS) is 26.7. The van der Waals surface area contributed by atoms with Crippen molar-refractivity contribution in [3.63, 3.8) is 0 Å². The Morgan fingerprint density at radius 1 is 1.21 bits per heavy atom. The minimum atomic E-state index is 0.651. The Hall–Kier alpha value is -1.67. The number of fused-ring (bicyclic) bond motifs is 3. The smallest absolute Gasteiger partial charge is 0.0702 e. The lowest BCUT2D eigenvalue weighted by atomic mass is 9.94. The topological polar surface area (TPSA) is 16.1 Å². The summed E-state index contributed by atoms with van der Waals surface area (Å²) < 4.78 is 0. The number of nitrogens with zero attached hydrogens (tertiary/aromatic N) is 2. The fourth-order valence-corrected chi connectivity index (χ4v) is 3.53. The molecule has 2 aromatic rings. The average Bonchev–Trinajstić information content (AvgIpc) is 2.68. The van der Waals surface area contributed by atoms with Crippen LogP contribution in [0.15, 0.2) is 42.6 Å². The lowest BCUT2D eigenvalue weighted by Gasteiger charge is -2.30. The van der Waals surface area contributed by atoms with Crippen LogP contribution < -0.4 is 0 Å². The van der Waals surface area contributed by atoms with Crippen molar-refractivity contribution in [3.8, 4) is 0 Å². The molecular formula is C17H18N2. The Morgan fingerprint density at radius 2 is 2.16 bits per heavy atom. The van der Waals surface area contributed by atoms with Crippen LogP contribution in [0.1, 0.15) is 24.8 Å². The van der Waals surface area contributed by atoms with Crippen LogP contribution in [0.25, 0.3) is 16.5 Å². The minimum absolute atomic E-state index is 0.651. The highest BCUT2D eigenvalue weighted by Crippen LogP contribution is 2.37. The zero-order valence-electron chi connectivity index (χ0n) is 11.2. The van der Waals surface area contributed by atoms with E-state index >= 15 is 0 Å². The minimum Gasteiger partial charge on any atom is -0.297 e. The molecule has 2 heteroatoms. The maximum absolute atomic E-state index is 4.39. The molecular weight excluding hydrogens is 232 g/mol. The second kappa shape index (κ2) is 4.17. The van der Waals surface area contributed by atoms with Gasteiger partial charge < -0.3 is 0 Å². The molecule has 1 aromatic carbocycles. The van der Waals surface area contributed by atoms with Crippen molar-refractivity contribution in [2.45, 2.75) is 31.3 Å². The van der Waals surface area contributed by atoms with Gasteiger partial charge in [0.1, 0.15) is 0 Å². The Labute approximate surface area is 113 Å². The predicted molar refractivity (Wildman–Crippen MR) is 78.9 cm³/mol. The van der Waals surface area contributed by atoms with Gasteiger partial charge in [0, 0.05) is 23.7 Å². The van der Waals surface area contributed by atoms with Gasteiger partial charge in [-0.25, -0.2) is 0 Å². The first-order chi connectivity index (χ1) is 9.31. The number of aromatic nitrogens is 1. The molecule has 1 aromatic heterocycles. The summed E-state index contributed by atoms with van der Waals surface area (Å²) in [4.78, 5) is 6.93. The standard InChI is InChI=1S/C17H18N2/c1-19-15-5-6-16(19)11-14(10-15)12-4-7-17-13(9-12)3-2-8-18-17/h2-4,7-10,15-16H,5-6,11H2,1H3. The van der Waals surface area contributed by atoms with Crippen molar-refractivity contribution in [3.05, 3.63) is 48.2 Å². The van der Waals surface area contributed by atoms with E-state index in [1.807, 2.05) is 12.3 Å².